The van der Waals surface area contributed by atoms with E-state index in [4.69, 9.17) is 4.74 Å². The highest BCUT2D eigenvalue weighted by molar-refractivity contribution is 6.09. The Labute approximate surface area is 215 Å². The lowest BCUT2D eigenvalue weighted by molar-refractivity contribution is -0.130. The lowest BCUT2D eigenvalue weighted by atomic mass is 9.93. The van der Waals surface area contributed by atoms with Crippen LogP contribution in [0.25, 0.3) is 0 Å². The van der Waals surface area contributed by atoms with Gasteiger partial charge in [0.2, 0.25) is 0 Å². The standard InChI is InChI=1S/C31H26N2O4/c34-27(15-14-22-8-3-1-4-9-22)28-29(33(31(36)30(28)35)21-23-16-18-32-19-17-23)24-10-7-13-26(20-24)37-25-11-5-2-6-12-25/h1-13,16-20,29,35H,14-15,21H2. The van der Waals surface area contributed by atoms with Crippen molar-refractivity contribution in [2.24, 2.45) is 0 Å². The maximum atomic E-state index is 13.5. The molecule has 1 aliphatic heterocycles. The zero-order chi connectivity index (χ0) is 25.6. The largest absolute Gasteiger partial charge is 0.503 e. The molecule has 1 unspecified atom stereocenters. The first-order valence-electron chi connectivity index (χ1n) is 12.1. The fraction of sp³-hybridized carbons (Fsp3) is 0.129. The molecular formula is C31H26N2O4. The van der Waals surface area contributed by atoms with E-state index in [1.165, 1.54) is 4.90 Å². The fourth-order valence-corrected chi connectivity index (χ4v) is 4.54. The molecule has 0 aliphatic carbocycles. The second kappa shape index (κ2) is 10.9. The van der Waals surface area contributed by atoms with Crippen molar-refractivity contribution >= 4 is 11.7 Å². The van der Waals surface area contributed by atoms with Crippen molar-refractivity contribution in [2.75, 3.05) is 0 Å². The van der Waals surface area contributed by atoms with Crippen LogP contribution in [0.15, 0.2) is 121 Å². The summed E-state index contributed by atoms with van der Waals surface area (Å²) in [6.45, 7) is 0.218. The third kappa shape index (κ3) is 5.43. The van der Waals surface area contributed by atoms with Gasteiger partial charge < -0.3 is 14.7 Å². The first-order valence-corrected chi connectivity index (χ1v) is 12.1. The van der Waals surface area contributed by atoms with Crippen LogP contribution < -0.4 is 4.74 Å². The minimum absolute atomic E-state index is 0.117. The van der Waals surface area contributed by atoms with Crippen molar-refractivity contribution in [2.45, 2.75) is 25.4 Å². The van der Waals surface area contributed by atoms with E-state index in [0.717, 1.165) is 11.1 Å². The Kier molecular flexibility index (Phi) is 7.08. The number of amides is 1. The second-order valence-electron chi connectivity index (χ2n) is 8.85. The first-order chi connectivity index (χ1) is 18.1. The zero-order valence-electron chi connectivity index (χ0n) is 20.2. The third-order valence-electron chi connectivity index (χ3n) is 6.34. The van der Waals surface area contributed by atoms with Gasteiger partial charge in [0.25, 0.3) is 5.91 Å². The molecule has 0 radical (unpaired) electrons. The van der Waals surface area contributed by atoms with E-state index in [2.05, 4.69) is 4.98 Å². The molecule has 1 amide bonds. The Morgan fingerprint density at radius 2 is 1.51 bits per heavy atom. The fourth-order valence-electron chi connectivity index (χ4n) is 4.54. The summed E-state index contributed by atoms with van der Waals surface area (Å²) in [5.74, 6) is -0.0760. The minimum atomic E-state index is -0.747. The van der Waals surface area contributed by atoms with Gasteiger partial charge in [-0.1, -0.05) is 60.7 Å². The summed E-state index contributed by atoms with van der Waals surface area (Å²) in [6.07, 6.45) is 3.99. The van der Waals surface area contributed by atoms with Gasteiger partial charge in [-0.25, -0.2) is 0 Å². The van der Waals surface area contributed by atoms with E-state index in [1.54, 1.807) is 12.4 Å². The normalized spacial score (nSPS) is 15.2. The highest BCUT2D eigenvalue weighted by atomic mass is 16.5. The number of rotatable bonds is 9. The summed E-state index contributed by atoms with van der Waals surface area (Å²) >= 11 is 0. The molecule has 0 fully saturated rings. The predicted molar refractivity (Wildman–Crippen MR) is 140 cm³/mol. The van der Waals surface area contributed by atoms with E-state index in [-0.39, 0.29) is 24.3 Å². The average Bonchev–Trinajstić information content (AvgIpc) is 3.19. The van der Waals surface area contributed by atoms with Gasteiger partial charge in [-0.2, -0.15) is 0 Å². The zero-order valence-corrected chi connectivity index (χ0v) is 20.2. The molecule has 184 valence electrons. The van der Waals surface area contributed by atoms with Crippen molar-refractivity contribution in [3.8, 4) is 11.5 Å². The minimum Gasteiger partial charge on any atom is -0.503 e. The van der Waals surface area contributed by atoms with E-state index < -0.39 is 17.7 Å². The topological polar surface area (TPSA) is 79.7 Å². The van der Waals surface area contributed by atoms with Crippen molar-refractivity contribution in [3.63, 3.8) is 0 Å². The number of hydrogen-bond acceptors (Lipinski definition) is 5. The van der Waals surface area contributed by atoms with Crippen LogP contribution >= 0.6 is 0 Å². The Balaban J connectivity index is 1.48. The third-order valence-corrected chi connectivity index (χ3v) is 6.34. The molecule has 1 N–H and O–H groups in total. The number of pyridine rings is 1. The predicted octanol–water partition coefficient (Wildman–Crippen LogP) is 5.97. The number of carbonyl (C=O) groups is 2. The molecule has 0 saturated carbocycles. The quantitative estimate of drug-likeness (QED) is 0.313. The lowest BCUT2D eigenvalue weighted by Crippen LogP contribution is -2.30. The van der Waals surface area contributed by atoms with E-state index in [1.807, 2.05) is 97.1 Å². The van der Waals surface area contributed by atoms with Gasteiger partial charge in [0.1, 0.15) is 11.5 Å². The number of aliphatic hydroxyl groups is 1. The van der Waals surface area contributed by atoms with Gasteiger partial charge in [-0.3, -0.25) is 14.6 Å². The maximum Gasteiger partial charge on any atom is 0.290 e. The molecule has 3 aromatic carbocycles. The molecule has 0 bridgehead atoms. The molecule has 1 aromatic heterocycles. The number of para-hydroxylation sites is 1. The van der Waals surface area contributed by atoms with Gasteiger partial charge in [0.15, 0.2) is 11.5 Å². The number of carbonyl (C=O) groups excluding carboxylic acids is 2. The number of hydrogen-bond donors (Lipinski definition) is 1. The van der Waals surface area contributed by atoms with Crippen molar-refractivity contribution in [1.29, 1.82) is 0 Å². The maximum absolute atomic E-state index is 13.5. The SMILES string of the molecule is O=C(CCc1ccccc1)C1=C(O)C(=O)N(Cc2ccncc2)C1c1cccc(Oc2ccccc2)c1. The molecule has 37 heavy (non-hydrogen) atoms. The van der Waals surface area contributed by atoms with E-state index in [0.29, 0.717) is 23.5 Å². The summed E-state index contributed by atoms with van der Waals surface area (Å²) < 4.78 is 6.01. The highest BCUT2D eigenvalue weighted by Crippen LogP contribution is 2.40. The van der Waals surface area contributed by atoms with Gasteiger partial charge in [-0.05, 0) is 59.5 Å². The van der Waals surface area contributed by atoms with Crippen molar-refractivity contribution in [3.05, 3.63) is 137 Å². The van der Waals surface area contributed by atoms with Crippen molar-refractivity contribution in [1.82, 2.24) is 9.88 Å². The number of Topliss-reactive ketones (excluding diaryl/α,β-unsaturated/α-hetero) is 1. The number of nitrogens with zero attached hydrogens (tertiary/aromatic N) is 2. The van der Waals surface area contributed by atoms with Crippen LogP contribution in [-0.2, 0) is 22.6 Å². The summed E-state index contributed by atoms with van der Waals surface area (Å²) in [4.78, 5) is 32.3. The Morgan fingerprint density at radius 3 is 2.24 bits per heavy atom. The van der Waals surface area contributed by atoms with Crippen LogP contribution in [0.5, 0.6) is 11.5 Å². The first kappa shape index (κ1) is 24.0. The van der Waals surface area contributed by atoms with E-state index >= 15 is 0 Å². The lowest BCUT2D eigenvalue weighted by Gasteiger charge is -2.27. The smallest absolute Gasteiger partial charge is 0.290 e. The van der Waals surface area contributed by atoms with Gasteiger partial charge in [0.05, 0.1) is 11.6 Å². The molecular weight excluding hydrogens is 464 g/mol. The number of ether oxygens (including phenoxy) is 1. The number of benzene rings is 3. The Hall–Kier alpha value is -4.71. The molecule has 0 spiro atoms. The molecule has 1 atom stereocenters. The van der Waals surface area contributed by atoms with Crippen LogP contribution in [0.4, 0.5) is 0 Å². The Bertz CT molecular complexity index is 1420. The second-order valence-corrected chi connectivity index (χ2v) is 8.85. The number of aryl methyl sites for hydroxylation is 1. The van der Waals surface area contributed by atoms with E-state index in [9.17, 15) is 14.7 Å². The summed E-state index contributed by atoms with van der Waals surface area (Å²) in [5.41, 5.74) is 2.66. The molecule has 6 nitrogen and oxygen atoms in total. The molecule has 0 saturated heterocycles. The van der Waals surface area contributed by atoms with Gasteiger partial charge in [0, 0.05) is 25.4 Å². The number of aliphatic hydroxyl groups excluding tert-OH is 1. The van der Waals surface area contributed by atoms with Gasteiger partial charge >= 0.3 is 0 Å². The van der Waals surface area contributed by atoms with Crippen molar-refractivity contribution < 1.29 is 19.4 Å². The highest BCUT2D eigenvalue weighted by Gasteiger charge is 2.43. The molecule has 4 aromatic rings. The van der Waals surface area contributed by atoms with Crippen LogP contribution in [0.1, 0.15) is 29.2 Å². The van der Waals surface area contributed by atoms with Crippen LogP contribution in [-0.4, -0.2) is 26.7 Å². The van der Waals surface area contributed by atoms with Gasteiger partial charge in [-0.15, -0.1) is 0 Å². The van der Waals surface area contributed by atoms with Crippen LogP contribution in [0, 0.1) is 0 Å². The molecule has 5 rings (SSSR count). The molecule has 1 aliphatic rings. The summed E-state index contributed by atoms with van der Waals surface area (Å²) in [7, 11) is 0. The Morgan fingerprint density at radius 1 is 0.838 bits per heavy atom. The van der Waals surface area contributed by atoms with Crippen LogP contribution in [0.2, 0.25) is 0 Å². The molecule has 6 heteroatoms. The number of aromatic nitrogens is 1. The summed E-state index contributed by atoms with van der Waals surface area (Å²) in [6, 6.07) is 29.2. The summed E-state index contributed by atoms with van der Waals surface area (Å²) in [5, 5.41) is 10.9. The molecule has 2 heterocycles. The monoisotopic (exact) mass is 490 g/mol. The number of ketones is 1. The van der Waals surface area contributed by atoms with Crippen LogP contribution in [0.3, 0.4) is 0 Å². The average molecular weight is 491 g/mol.